The molecule has 4 nitrogen and oxygen atoms in total. The molecule has 0 aliphatic rings. The maximum atomic E-state index is 9.78. The number of hydrogen-bond donors (Lipinski definition) is 2. The highest BCUT2D eigenvalue weighted by atomic mass is 16.5. The Balaban J connectivity index is 1.99. The molecule has 0 fully saturated rings. The summed E-state index contributed by atoms with van der Waals surface area (Å²) in [5, 5.41) is 19.1. The molecule has 0 unspecified atom stereocenters. The largest absolute Gasteiger partial charge is 0.508 e. The zero-order chi connectivity index (χ0) is 15.9. The lowest BCUT2D eigenvalue weighted by Crippen LogP contribution is -1.97. The predicted molar refractivity (Wildman–Crippen MR) is 86.0 cm³/mol. The van der Waals surface area contributed by atoms with Gasteiger partial charge in [-0.15, -0.1) is 0 Å². The Labute approximate surface area is 130 Å². The molecule has 0 aromatic heterocycles. The van der Waals surface area contributed by atoms with Crippen molar-refractivity contribution in [2.24, 2.45) is 0 Å². The molecular weight excluding hydrogens is 280 g/mol. The van der Waals surface area contributed by atoms with Crippen LogP contribution in [0.3, 0.4) is 0 Å². The monoisotopic (exact) mass is 302 g/mol. The molecule has 2 aromatic rings. The van der Waals surface area contributed by atoms with E-state index in [-0.39, 0.29) is 11.5 Å². The van der Waals surface area contributed by atoms with Gasteiger partial charge in [0.15, 0.2) is 0 Å². The number of benzene rings is 2. The molecule has 0 spiro atoms. The number of aryl methyl sites for hydroxylation is 2. The van der Waals surface area contributed by atoms with E-state index in [1.54, 1.807) is 19.2 Å². The number of methoxy groups -OCH3 is 1. The minimum atomic E-state index is 0.0782. The Bertz CT molecular complexity index is 622. The molecule has 0 amide bonds. The Hall–Kier alpha value is -2.36. The Morgan fingerprint density at radius 2 is 1.68 bits per heavy atom. The molecule has 0 bridgehead atoms. The minimum Gasteiger partial charge on any atom is -0.508 e. The van der Waals surface area contributed by atoms with Crippen LogP contribution < -0.4 is 9.47 Å². The van der Waals surface area contributed by atoms with Crippen molar-refractivity contribution in [2.75, 3.05) is 13.7 Å². The van der Waals surface area contributed by atoms with Crippen molar-refractivity contribution in [1.82, 2.24) is 0 Å². The van der Waals surface area contributed by atoms with Crippen molar-refractivity contribution in [3.05, 3.63) is 47.5 Å². The van der Waals surface area contributed by atoms with Gasteiger partial charge in [0, 0.05) is 12.1 Å². The fraction of sp³-hybridized carbons (Fsp3) is 0.333. The molecule has 0 saturated carbocycles. The van der Waals surface area contributed by atoms with Gasteiger partial charge in [-0.05, 0) is 49.4 Å². The highest BCUT2D eigenvalue weighted by Gasteiger charge is 2.07. The molecule has 0 aliphatic carbocycles. The zero-order valence-corrected chi connectivity index (χ0v) is 13.0. The molecule has 118 valence electrons. The van der Waals surface area contributed by atoms with Gasteiger partial charge in [0.1, 0.15) is 23.0 Å². The van der Waals surface area contributed by atoms with Crippen LogP contribution in [0.2, 0.25) is 0 Å². The van der Waals surface area contributed by atoms with E-state index >= 15 is 0 Å². The molecule has 2 rings (SSSR count). The van der Waals surface area contributed by atoms with E-state index in [2.05, 4.69) is 0 Å². The highest BCUT2D eigenvalue weighted by molar-refractivity contribution is 5.41. The SMILES string of the molecule is CCOc1ccc(CCCc2ccc(O)cc2O)c(OC)c1. The quantitative estimate of drug-likeness (QED) is 0.819. The van der Waals surface area contributed by atoms with Gasteiger partial charge < -0.3 is 19.7 Å². The maximum Gasteiger partial charge on any atom is 0.125 e. The average Bonchev–Trinajstić information content (AvgIpc) is 2.51. The number of phenolic OH excluding ortho intramolecular Hbond substituents is 2. The molecule has 2 aromatic carbocycles. The lowest BCUT2D eigenvalue weighted by molar-refractivity contribution is 0.335. The first-order valence-electron chi connectivity index (χ1n) is 7.44. The summed E-state index contributed by atoms with van der Waals surface area (Å²) < 4.78 is 10.9. The average molecular weight is 302 g/mol. The molecule has 22 heavy (non-hydrogen) atoms. The van der Waals surface area contributed by atoms with E-state index in [0.29, 0.717) is 6.61 Å². The summed E-state index contributed by atoms with van der Waals surface area (Å²) >= 11 is 0. The zero-order valence-electron chi connectivity index (χ0n) is 13.0. The summed E-state index contributed by atoms with van der Waals surface area (Å²) in [7, 11) is 1.65. The van der Waals surface area contributed by atoms with Crippen molar-refractivity contribution in [3.63, 3.8) is 0 Å². The topological polar surface area (TPSA) is 58.9 Å². The van der Waals surface area contributed by atoms with Crippen LogP contribution in [0.4, 0.5) is 0 Å². The van der Waals surface area contributed by atoms with Gasteiger partial charge in [0.2, 0.25) is 0 Å². The van der Waals surface area contributed by atoms with Crippen molar-refractivity contribution in [3.8, 4) is 23.0 Å². The third kappa shape index (κ3) is 4.07. The van der Waals surface area contributed by atoms with E-state index in [1.807, 2.05) is 25.1 Å². The van der Waals surface area contributed by atoms with Crippen LogP contribution in [0.5, 0.6) is 23.0 Å². The van der Waals surface area contributed by atoms with Gasteiger partial charge in [-0.1, -0.05) is 12.1 Å². The van der Waals surface area contributed by atoms with Crippen LogP contribution in [-0.2, 0) is 12.8 Å². The van der Waals surface area contributed by atoms with Crippen molar-refractivity contribution in [2.45, 2.75) is 26.2 Å². The number of hydrogen-bond acceptors (Lipinski definition) is 4. The van der Waals surface area contributed by atoms with Gasteiger partial charge in [0.25, 0.3) is 0 Å². The van der Waals surface area contributed by atoms with Gasteiger partial charge >= 0.3 is 0 Å². The number of ether oxygens (including phenoxy) is 2. The first-order valence-corrected chi connectivity index (χ1v) is 7.44. The van der Waals surface area contributed by atoms with Crippen LogP contribution >= 0.6 is 0 Å². The van der Waals surface area contributed by atoms with E-state index in [1.165, 1.54) is 6.07 Å². The summed E-state index contributed by atoms with van der Waals surface area (Å²) in [6.07, 6.45) is 2.46. The molecule has 0 radical (unpaired) electrons. The van der Waals surface area contributed by atoms with Crippen molar-refractivity contribution < 1.29 is 19.7 Å². The van der Waals surface area contributed by atoms with Gasteiger partial charge in [-0.3, -0.25) is 0 Å². The summed E-state index contributed by atoms with van der Waals surface area (Å²) in [6, 6.07) is 10.6. The second kappa shape index (κ2) is 7.59. The third-order valence-electron chi connectivity index (χ3n) is 3.53. The Morgan fingerprint density at radius 3 is 2.36 bits per heavy atom. The van der Waals surface area contributed by atoms with E-state index < -0.39 is 0 Å². The predicted octanol–water partition coefficient (Wildman–Crippen LogP) is 3.68. The summed E-state index contributed by atoms with van der Waals surface area (Å²) in [5.74, 6) is 1.84. The number of aromatic hydroxyl groups is 2. The molecular formula is C18H22O4. The van der Waals surface area contributed by atoms with E-state index in [9.17, 15) is 10.2 Å². The highest BCUT2D eigenvalue weighted by Crippen LogP contribution is 2.28. The number of rotatable bonds is 7. The van der Waals surface area contributed by atoms with Gasteiger partial charge in [-0.25, -0.2) is 0 Å². The summed E-state index contributed by atoms with van der Waals surface area (Å²) in [4.78, 5) is 0. The minimum absolute atomic E-state index is 0.0782. The maximum absolute atomic E-state index is 9.78. The normalized spacial score (nSPS) is 10.5. The number of phenols is 2. The van der Waals surface area contributed by atoms with Crippen LogP contribution in [-0.4, -0.2) is 23.9 Å². The molecule has 0 saturated heterocycles. The molecule has 0 aliphatic heterocycles. The summed E-state index contributed by atoms with van der Waals surface area (Å²) in [5.41, 5.74) is 1.95. The first kappa shape index (κ1) is 16.0. The standard InChI is InChI=1S/C18H22O4/c1-3-22-16-10-8-14(18(12-16)21-2)6-4-5-13-7-9-15(19)11-17(13)20/h7-12,19-20H,3-6H2,1-2H3. The smallest absolute Gasteiger partial charge is 0.125 e. The van der Waals surface area contributed by atoms with Crippen LogP contribution in [0, 0.1) is 0 Å². The second-order valence-corrected chi connectivity index (χ2v) is 5.07. The molecule has 0 atom stereocenters. The fourth-order valence-corrected chi connectivity index (χ4v) is 2.42. The Kier molecular flexibility index (Phi) is 5.53. The van der Waals surface area contributed by atoms with Crippen molar-refractivity contribution in [1.29, 1.82) is 0 Å². The fourth-order valence-electron chi connectivity index (χ4n) is 2.42. The first-order chi connectivity index (χ1) is 10.6. The van der Waals surface area contributed by atoms with E-state index in [4.69, 9.17) is 9.47 Å². The van der Waals surface area contributed by atoms with Gasteiger partial charge in [0.05, 0.1) is 13.7 Å². The van der Waals surface area contributed by atoms with Crippen molar-refractivity contribution >= 4 is 0 Å². The third-order valence-corrected chi connectivity index (χ3v) is 3.53. The summed E-state index contributed by atoms with van der Waals surface area (Å²) in [6.45, 7) is 2.58. The second-order valence-electron chi connectivity index (χ2n) is 5.07. The Morgan fingerprint density at radius 1 is 0.955 bits per heavy atom. The lowest BCUT2D eigenvalue weighted by atomic mass is 10.0. The van der Waals surface area contributed by atoms with Crippen LogP contribution in [0.15, 0.2) is 36.4 Å². The van der Waals surface area contributed by atoms with Gasteiger partial charge in [-0.2, -0.15) is 0 Å². The lowest BCUT2D eigenvalue weighted by Gasteiger charge is -2.11. The molecule has 0 heterocycles. The van der Waals surface area contributed by atoms with Crippen LogP contribution in [0.25, 0.3) is 0 Å². The molecule has 2 N–H and O–H groups in total. The molecule has 4 heteroatoms. The van der Waals surface area contributed by atoms with Crippen LogP contribution in [0.1, 0.15) is 24.5 Å². The van der Waals surface area contributed by atoms with E-state index in [0.717, 1.165) is 41.9 Å².